The first kappa shape index (κ1) is 13.6. The van der Waals surface area contributed by atoms with Gasteiger partial charge in [0.15, 0.2) is 5.65 Å². The van der Waals surface area contributed by atoms with Crippen LogP contribution in [0.4, 0.5) is 5.95 Å². The van der Waals surface area contributed by atoms with Crippen LogP contribution in [0.1, 0.15) is 25.0 Å². The molecule has 0 unspecified atom stereocenters. The molecule has 2 heterocycles. The molecule has 3 rings (SSSR count). The lowest BCUT2D eigenvalue weighted by Gasteiger charge is -2.25. The number of rotatable bonds is 4. The second-order valence-electron chi connectivity index (χ2n) is 6.00. The zero-order chi connectivity index (χ0) is 14.9. The standard InChI is InChI=1S/C17H20N4/c1-13-8-7-11-21-15(13)19-16(20-21)18-12-17(2,3)14-9-5-4-6-10-14/h4-11H,12H2,1-3H3,(H,18,20). The molecule has 0 aliphatic carbocycles. The molecule has 0 bridgehead atoms. The number of anilines is 1. The molecule has 0 fully saturated rings. The summed E-state index contributed by atoms with van der Waals surface area (Å²) in [7, 11) is 0. The Hall–Kier alpha value is -2.36. The van der Waals surface area contributed by atoms with Gasteiger partial charge in [0, 0.05) is 18.2 Å². The van der Waals surface area contributed by atoms with E-state index in [4.69, 9.17) is 0 Å². The maximum atomic E-state index is 4.55. The average Bonchev–Trinajstić information content (AvgIpc) is 2.91. The topological polar surface area (TPSA) is 42.2 Å². The molecule has 4 nitrogen and oxygen atoms in total. The maximum absolute atomic E-state index is 4.55. The summed E-state index contributed by atoms with van der Waals surface area (Å²) in [5, 5.41) is 7.82. The summed E-state index contributed by atoms with van der Waals surface area (Å²) in [6, 6.07) is 14.5. The number of nitrogens with one attached hydrogen (secondary N) is 1. The molecule has 0 radical (unpaired) electrons. The number of aromatic nitrogens is 3. The minimum absolute atomic E-state index is 0.0216. The first-order chi connectivity index (χ1) is 10.1. The van der Waals surface area contributed by atoms with E-state index < -0.39 is 0 Å². The molecule has 2 aromatic heterocycles. The van der Waals surface area contributed by atoms with Gasteiger partial charge in [0.25, 0.3) is 0 Å². The number of aryl methyl sites for hydroxylation is 1. The average molecular weight is 280 g/mol. The van der Waals surface area contributed by atoms with E-state index in [0.29, 0.717) is 5.95 Å². The largest absolute Gasteiger partial charge is 0.352 e. The first-order valence-corrected chi connectivity index (χ1v) is 7.18. The summed E-state index contributed by atoms with van der Waals surface area (Å²) < 4.78 is 1.81. The van der Waals surface area contributed by atoms with Gasteiger partial charge in [-0.3, -0.25) is 0 Å². The Kier molecular flexibility index (Phi) is 3.37. The summed E-state index contributed by atoms with van der Waals surface area (Å²) in [4.78, 5) is 4.55. The molecule has 1 aromatic carbocycles. The van der Waals surface area contributed by atoms with Crippen LogP contribution in [0.2, 0.25) is 0 Å². The zero-order valence-corrected chi connectivity index (χ0v) is 12.7. The molecular weight excluding hydrogens is 260 g/mol. The Bertz CT molecular complexity index is 744. The van der Waals surface area contributed by atoms with Crippen LogP contribution in [0.5, 0.6) is 0 Å². The van der Waals surface area contributed by atoms with E-state index in [0.717, 1.165) is 17.8 Å². The molecule has 0 aliphatic rings. The van der Waals surface area contributed by atoms with Crippen molar-refractivity contribution in [1.82, 2.24) is 14.6 Å². The van der Waals surface area contributed by atoms with Crippen LogP contribution in [0.25, 0.3) is 5.65 Å². The summed E-state index contributed by atoms with van der Waals surface area (Å²) in [6.07, 6.45) is 1.92. The van der Waals surface area contributed by atoms with Gasteiger partial charge in [-0.05, 0) is 24.1 Å². The van der Waals surface area contributed by atoms with E-state index in [2.05, 4.69) is 53.5 Å². The number of hydrogen-bond acceptors (Lipinski definition) is 3. The smallest absolute Gasteiger partial charge is 0.243 e. The highest BCUT2D eigenvalue weighted by Crippen LogP contribution is 2.23. The van der Waals surface area contributed by atoms with Gasteiger partial charge in [0.05, 0.1) is 0 Å². The van der Waals surface area contributed by atoms with Crippen molar-refractivity contribution in [1.29, 1.82) is 0 Å². The highest BCUT2D eigenvalue weighted by Gasteiger charge is 2.20. The fraction of sp³-hybridized carbons (Fsp3) is 0.294. The van der Waals surface area contributed by atoms with Crippen LogP contribution < -0.4 is 5.32 Å². The monoisotopic (exact) mass is 280 g/mol. The van der Waals surface area contributed by atoms with Crippen LogP contribution in [-0.2, 0) is 5.41 Å². The number of pyridine rings is 1. The number of hydrogen-bond donors (Lipinski definition) is 1. The lowest BCUT2D eigenvalue weighted by molar-refractivity contribution is 0.555. The van der Waals surface area contributed by atoms with Crippen molar-refractivity contribution in [2.45, 2.75) is 26.2 Å². The third kappa shape index (κ3) is 2.75. The lowest BCUT2D eigenvalue weighted by atomic mass is 9.85. The van der Waals surface area contributed by atoms with E-state index in [1.54, 1.807) is 0 Å². The third-order valence-electron chi connectivity index (χ3n) is 3.80. The Morgan fingerprint density at radius 3 is 2.57 bits per heavy atom. The predicted molar refractivity (Wildman–Crippen MR) is 85.7 cm³/mol. The molecule has 0 spiro atoms. The lowest BCUT2D eigenvalue weighted by Crippen LogP contribution is -2.27. The summed E-state index contributed by atoms with van der Waals surface area (Å²) >= 11 is 0. The summed E-state index contributed by atoms with van der Waals surface area (Å²) in [6.45, 7) is 7.27. The molecule has 0 atom stereocenters. The number of fused-ring (bicyclic) bond motifs is 1. The van der Waals surface area contributed by atoms with Gasteiger partial charge < -0.3 is 5.32 Å². The van der Waals surface area contributed by atoms with Gasteiger partial charge in [0.2, 0.25) is 5.95 Å². The van der Waals surface area contributed by atoms with Crippen LogP contribution >= 0.6 is 0 Å². The summed E-state index contributed by atoms with van der Waals surface area (Å²) in [5.74, 6) is 0.674. The fourth-order valence-corrected chi connectivity index (χ4v) is 2.41. The Labute approximate surface area is 124 Å². The molecule has 108 valence electrons. The van der Waals surface area contributed by atoms with Crippen LogP contribution in [0.15, 0.2) is 48.7 Å². The van der Waals surface area contributed by atoms with Crippen molar-refractivity contribution in [2.75, 3.05) is 11.9 Å². The minimum Gasteiger partial charge on any atom is -0.352 e. The van der Waals surface area contributed by atoms with Crippen molar-refractivity contribution >= 4 is 11.6 Å². The molecule has 3 aromatic rings. The first-order valence-electron chi connectivity index (χ1n) is 7.18. The van der Waals surface area contributed by atoms with Gasteiger partial charge in [-0.1, -0.05) is 50.2 Å². The molecule has 0 saturated carbocycles. The SMILES string of the molecule is Cc1cccn2nc(NCC(C)(C)c3ccccc3)nc12. The van der Waals surface area contributed by atoms with Gasteiger partial charge in [-0.15, -0.1) is 5.10 Å². The second-order valence-corrected chi connectivity index (χ2v) is 6.00. The van der Waals surface area contributed by atoms with E-state index in [1.165, 1.54) is 5.56 Å². The van der Waals surface area contributed by atoms with E-state index in [-0.39, 0.29) is 5.41 Å². The van der Waals surface area contributed by atoms with E-state index >= 15 is 0 Å². The molecule has 0 amide bonds. The molecule has 0 saturated heterocycles. The van der Waals surface area contributed by atoms with Crippen molar-refractivity contribution in [3.05, 3.63) is 59.8 Å². The molecular formula is C17H20N4. The minimum atomic E-state index is 0.0216. The molecule has 1 N–H and O–H groups in total. The van der Waals surface area contributed by atoms with Crippen LogP contribution in [-0.4, -0.2) is 21.1 Å². The van der Waals surface area contributed by atoms with Crippen LogP contribution in [0, 0.1) is 6.92 Å². The van der Waals surface area contributed by atoms with Crippen molar-refractivity contribution in [2.24, 2.45) is 0 Å². The van der Waals surface area contributed by atoms with Gasteiger partial charge in [-0.2, -0.15) is 4.98 Å². The van der Waals surface area contributed by atoms with Gasteiger partial charge in [-0.25, -0.2) is 4.52 Å². The Morgan fingerprint density at radius 1 is 1.10 bits per heavy atom. The predicted octanol–water partition coefficient (Wildman–Crippen LogP) is 3.43. The second kappa shape index (κ2) is 5.20. The maximum Gasteiger partial charge on any atom is 0.243 e. The summed E-state index contributed by atoms with van der Waals surface area (Å²) in [5.41, 5.74) is 3.35. The van der Waals surface area contributed by atoms with Crippen molar-refractivity contribution < 1.29 is 0 Å². The molecule has 0 aliphatic heterocycles. The fourth-order valence-electron chi connectivity index (χ4n) is 2.41. The quantitative estimate of drug-likeness (QED) is 0.796. The van der Waals surface area contributed by atoms with E-state index in [1.807, 2.05) is 35.8 Å². The van der Waals surface area contributed by atoms with Crippen molar-refractivity contribution in [3.63, 3.8) is 0 Å². The third-order valence-corrected chi connectivity index (χ3v) is 3.80. The van der Waals surface area contributed by atoms with Crippen molar-refractivity contribution in [3.8, 4) is 0 Å². The number of nitrogens with zero attached hydrogens (tertiary/aromatic N) is 3. The molecule has 21 heavy (non-hydrogen) atoms. The zero-order valence-electron chi connectivity index (χ0n) is 12.7. The van der Waals surface area contributed by atoms with Gasteiger partial charge >= 0.3 is 0 Å². The number of benzene rings is 1. The Morgan fingerprint density at radius 2 is 1.86 bits per heavy atom. The van der Waals surface area contributed by atoms with E-state index in [9.17, 15) is 0 Å². The van der Waals surface area contributed by atoms with Crippen LogP contribution in [0.3, 0.4) is 0 Å². The highest BCUT2D eigenvalue weighted by molar-refractivity contribution is 5.50. The molecule has 4 heteroatoms. The highest BCUT2D eigenvalue weighted by atomic mass is 15.3. The Balaban J connectivity index is 1.78. The normalized spacial score (nSPS) is 11.8. The van der Waals surface area contributed by atoms with Gasteiger partial charge in [0.1, 0.15) is 0 Å².